The van der Waals surface area contributed by atoms with Crippen LogP contribution < -0.4 is 5.73 Å². The second-order valence-electron chi connectivity index (χ2n) is 2.92. The van der Waals surface area contributed by atoms with E-state index in [0.29, 0.717) is 23.3 Å². The van der Waals surface area contributed by atoms with Crippen LogP contribution in [0.25, 0.3) is 10.8 Å². The molecule has 2 rings (SSSR count). The normalized spacial score (nSPS) is 10.5. The van der Waals surface area contributed by atoms with Crippen molar-refractivity contribution >= 4 is 29.0 Å². The third-order valence-electron chi connectivity index (χ3n) is 1.71. The quantitative estimate of drug-likeness (QED) is 0.823. The summed E-state index contributed by atoms with van der Waals surface area (Å²) in [5.41, 5.74) is 5.02. The summed E-state index contributed by atoms with van der Waals surface area (Å²) in [5, 5.41) is 10.2. The van der Waals surface area contributed by atoms with Gasteiger partial charge in [0, 0.05) is 12.2 Å². The second kappa shape index (κ2) is 5.13. The summed E-state index contributed by atoms with van der Waals surface area (Å²) < 4.78 is 5.41. The molecular formula is C9H9N3O2S2. The predicted molar refractivity (Wildman–Crippen MR) is 62.1 cm³/mol. The van der Waals surface area contributed by atoms with Gasteiger partial charge in [-0.3, -0.25) is 4.79 Å². The third kappa shape index (κ3) is 2.83. The van der Waals surface area contributed by atoms with Gasteiger partial charge in [-0.2, -0.15) is 0 Å². The molecule has 2 aromatic heterocycles. The highest BCUT2D eigenvalue weighted by Gasteiger charge is 2.09. The molecule has 0 radical (unpaired) electrons. The standard InChI is InChI=1S/C9H9N3O2S2/c10-7(13)3-5-16-9-12-11-8(14-9)6-2-1-4-15-6/h1-2,4H,3,5H2,(H2,10,13). The Morgan fingerprint density at radius 2 is 2.44 bits per heavy atom. The van der Waals surface area contributed by atoms with Crippen molar-refractivity contribution < 1.29 is 9.21 Å². The molecule has 2 heterocycles. The molecule has 0 aliphatic carbocycles. The van der Waals surface area contributed by atoms with Crippen molar-refractivity contribution in [2.24, 2.45) is 5.73 Å². The molecular weight excluding hydrogens is 246 g/mol. The molecule has 0 saturated carbocycles. The number of hydrogen-bond donors (Lipinski definition) is 1. The Balaban J connectivity index is 1.95. The van der Waals surface area contributed by atoms with Crippen LogP contribution in [0.1, 0.15) is 6.42 Å². The zero-order valence-electron chi connectivity index (χ0n) is 8.25. The monoisotopic (exact) mass is 255 g/mol. The fourth-order valence-electron chi connectivity index (χ4n) is 1.01. The molecule has 0 atom stereocenters. The Hall–Kier alpha value is -1.34. The number of thioether (sulfide) groups is 1. The average Bonchev–Trinajstić information content (AvgIpc) is 2.85. The minimum Gasteiger partial charge on any atom is -0.410 e. The fraction of sp³-hybridized carbons (Fsp3) is 0.222. The van der Waals surface area contributed by atoms with Crippen LogP contribution in [0.4, 0.5) is 0 Å². The second-order valence-corrected chi connectivity index (χ2v) is 4.91. The number of thiophene rings is 1. The van der Waals surface area contributed by atoms with Crippen molar-refractivity contribution in [3.8, 4) is 10.8 Å². The van der Waals surface area contributed by atoms with Crippen LogP contribution in [0.3, 0.4) is 0 Å². The molecule has 2 aromatic rings. The molecule has 0 bridgehead atoms. The molecule has 7 heteroatoms. The first-order valence-corrected chi connectivity index (χ1v) is 6.41. The first-order valence-electron chi connectivity index (χ1n) is 4.54. The van der Waals surface area contributed by atoms with Gasteiger partial charge in [0.2, 0.25) is 5.91 Å². The van der Waals surface area contributed by atoms with Gasteiger partial charge in [0.1, 0.15) is 0 Å². The van der Waals surface area contributed by atoms with E-state index in [-0.39, 0.29) is 5.91 Å². The van der Waals surface area contributed by atoms with E-state index >= 15 is 0 Å². The molecule has 0 aliphatic rings. The summed E-state index contributed by atoms with van der Waals surface area (Å²) in [5.74, 6) is 0.739. The van der Waals surface area contributed by atoms with E-state index in [1.165, 1.54) is 23.1 Å². The molecule has 0 aliphatic heterocycles. The van der Waals surface area contributed by atoms with Crippen LogP contribution in [0, 0.1) is 0 Å². The van der Waals surface area contributed by atoms with Gasteiger partial charge in [0.25, 0.3) is 11.1 Å². The first-order chi connectivity index (χ1) is 7.75. The van der Waals surface area contributed by atoms with Gasteiger partial charge in [0.15, 0.2) is 0 Å². The summed E-state index contributed by atoms with van der Waals surface area (Å²) in [7, 11) is 0. The number of nitrogens with zero attached hydrogens (tertiary/aromatic N) is 2. The summed E-state index contributed by atoms with van der Waals surface area (Å²) in [6.07, 6.45) is 0.307. The maximum atomic E-state index is 10.5. The van der Waals surface area contributed by atoms with Crippen molar-refractivity contribution in [1.29, 1.82) is 0 Å². The van der Waals surface area contributed by atoms with Crippen LogP contribution >= 0.6 is 23.1 Å². The molecule has 84 valence electrons. The van der Waals surface area contributed by atoms with Gasteiger partial charge in [-0.25, -0.2) is 0 Å². The first kappa shape index (κ1) is 11.2. The lowest BCUT2D eigenvalue weighted by atomic mass is 10.5. The van der Waals surface area contributed by atoms with Crippen molar-refractivity contribution in [2.75, 3.05) is 5.75 Å². The van der Waals surface area contributed by atoms with Gasteiger partial charge < -0.3 is 10.2 Å². The lowest BCUT2D eigenvalue weighted by molar-refractivity contribution is -0.117. The number of primary amides is 1. The number of carbonyl (C=O) groups is 1. The highest BCUT2D eigenvalue weighted by atomic mass is 32.2. The van der Waals surface area contributed by atoms with E-state index in [2.05, 4.69) is 10.2 Å². The van der Waals surface area contributed by atoms with Crippen LogP contribution in [-0.2, 0) is 4.79 Å². The maximum Gasteiger partial charge on any atom is 0.276 e. The Bertz CT molecular complexity index is 467. The lowest BCUT2D eigenvalue weighted by Crippen LogP contribution is -2.10. The topological polar surface area (TPSA) is 82.0 Å². The number of carbonyl (C=O) groups excluding carboxylic acids is 1. The zero-order chi connectivity index (χ0) is 11.4. The summed E-state index contributed by atoms with van der Waals surface area (Å²) in [6.45, 7) is 0. The Morgan fingerprint density at radius 1 is 1.56 bits per heavy atom. The molecule has 1 amide bonds. The number of nitrogens with two attached hydrogens (primary N) is 1. The number of aromatic nitrogens is 2. The minimum absolute atomic E-state index is 0.307. The molecule has 16 heavy (non-hydrogen) atoms. The minimum atomic E-state index is -0.328. The van der Waals surface area contributed by atoms with Crippen LogP contribution in [0.15, 0.2) is 27.2 Å². The zero-order valence-corrected chi connectivity index (χ0v) is 9.88. The average molecular weight is 255 g/mol. The number of amides is 1. The fourth-order valence-corrected chi connectivity index (χ4v) is 2.37. The Morgan fingerprint density at radius 3 is 3.12 bits per heavy atom. The smallest absolute Gasteiger partial charge is 0.276 e. The molecule has 2 N–H and O–H groups in total. The largest absolute Gasteiger partial charge is 0.410 e. The maximum absolute atomic E-state index is 10.5. The van der Waals surface area contributed by atoms with E-state index in [1.54, 1.807) is 0 Å². The van der Waals surface area contributed by atoms with Crippen LogP contribution in [0.5, 0.6) is 0 Å². The molecule has 0 saturated heterocycles. The van der Waals surface area contributed by atoms with E-state index in [9.17, 15) is 4.79 Å². The molecule has 5 nitrogen and oxygen atoms in total. The van der Waals surface area contributed by atoms with Crippen LogP contribution in [-0.4, -0.2) is 21.9 Å². The van der Waals surface area contributed by atoms with Gasteiger partial charge >= 0.3 is 0 Å². The van der Waals surface area contributed by atoms with Crippen molar-refractivity contribution in [1.82, 2.24) is 10.2 Å². The van der Waals surface area contributed by atoms with E-state index in [1.807, 2.05) is 17.5 Å². The van der Waals surface area contributed by atoms with Crippen LogP contribution in [0.2, 0.25) is 0 Å². The Kier molecular flexibility index (Phi) is 3.58. The van der Waals surface area contributed by atoms with E-state index in [4.69, 9.17) is 10.2 Å². The third-order valence-corrected chi connectivity index (χ3v) is 3.39. The molecule has 0 unspecified atom stereocenters. The van der Waals surface area contributed by atoms with Crippen molar-refractivity contribution in [3.05, 3.63) is 17.5 Å². The summed E-state index contributed by atoms with van der Waals surface area (Å²) in [4.78, 5) is 11.5. The van der Waals surface area contributed by atoms with E-state index < -0.39 is 0 Å². The van der Waals surface area contributed by atoms with Gasteiger partial charge in [-0.1, -0.05) is 17.8 Å². The summed E-state index contributed by atoms with van der Waals surface area (Å²) in [6, 6.07) is 3.83. The predicted octanol–water partition coefficient (Wildman–Crippen LogP) is 1.77. The van der Waals surface area contributed by atoms with Crippen molar-refractivity contribution in [3.63, 3.8) is 0 Å². The van der Waals surface area contributed by atoms with E-state index in [0.717, 1.165) is 4.88 Å². The molecule has 0 fully saturated rings. The SMILES string of the molecule is NC(=O)CCSc1nnc(-c2cccs2)o1. The number of hydrogen-bond acceptors (Lipinski definition) is 6. The van der Waals surface area contributed by atoms with Gasteiger partial charge in [-0.15, -0.1) is 21.5 Å². The molecule has 0 aromatic carbocycles. The lowest BCUT2D eigenvalue weighted by Gasteiger charge is -1.91. The molecule has 0 spiro atoms. The highest BCUT2D eigenvalue weighted by Crippen LogP contribution is 2.26. The highest BCUT2D eigenvalue weighted by molar-refractivity contribution is 7.99. The number of rotatable bonds is 5. The summed E-state index contributed by atoms with van der Waals surface area (Å²) >= 11 is 2.87. The van der Waals surface area contributed by atoms with Gasteiger partial charge in [-0.05, 0) is 11.4 Å². The van der Waals surface area contributed by atoms with Crippen molar-refractivity contribution in [2.45, 2.75) is 11.6 Å². The van der Waals surface area contributed by atoms with Gasteiger partial charge in [0.05, 0.1) is 4.88 Å². The Labute approximate surface area is 100 Å².